The van der Waals surface area contributed by atoms with Gasteiger partial charge in [0.1, 0.15) is 5.75 Å². The minimum absolute atomic E-state index is 0.169. The minimum atomic E-state index is -3.93. The average Bonchev–Trinajstić information content (AvgIpc) is 3.34. The molecule has 4 rings (SSSR count). The second-order valence-electron chi connectivity index (χ2n) is 13.0. The molecule has 6 nitrogen and oxygen atoms in total. The SMILES string of the molecule is CCCOc1c(-c2cn(S(=O)(=O)c3ccccc3)c3ccc(/C(C)=C\C(=O)OC)cc23)cc(C(C)(C)C)cc1C(C)(C)C. The summed E-state index contributed by atoms with van der Waals surface area (Å²) in [6.45, 7) is 17.5. The molecule has 0 aliphatic heterocycles. The van der Waals surface area contributed by atoms with Gasteiger partial charge in [-0.1, -0.05) is 78.8 Å². The van der Waals surface area contributed by atoms with Crippen LogP contribution in [-0.2, 0) is 30.4 Å². The molecule has 0 atom stereocenters. The molecular formula is C36H43NO5S. The summed E-state index contributed by atoms with van der Waals surface area (Å²) < 4.78 is 40.8. The van der Waals surface area contributed by atoms with E-state index in [9.17, 15) is 13.2 Å². The van der Waals surface area contributed by atoms with Gasteiger partial charge < -0.3 is 9.47 Å². The molecule has 0 spiro atoms. The van der Waals surface area contributed by atoms with Gasteiger partial charge in [-0.25, -0.2) is 17.2 Å². The third-order valence-electron chi connectivity index (χ3n) is 7.57. The van der Waals surface area contributed by atoms with E-state index in [0.29, 0.717) is 17.7 Å². The molecule has 7 heteroatoms. The topological polar surface area (TPSA) is 74.6 Å². The van der Waals surface area contributed by atoms with Crippen molar-refractivity contribution in [1.82, 2.24) is 3.97 Å². The van der Waals surface area contributed by atoms with Crippen LogP contribution in [0, 0.1) is 0 Å². The van der Waals surface area contributed by atoms with Gasteiger partial charge in [0.2, 0.25) is 0 Å². The maximum atomic E-state index is 14.1. The number of aromatic nitrogens is 1. The van der Waals surface area contributed by atoms with Crippen LogP contribution in [0.5, 0.6) is 5.75 Å². The highest BCUT2D eigenvalue weighted by Gasteiger charge is 2.29. The number of esters is 1. The molecule has 0 saturated heterocycles. The lowest BCUT2D eigenvalue weighted by atomic mass is 9.78. The smallest absolute Gasteiger partial charge is 0.330 e. The summed E-state index contributed by atoms with van der Waals surface area (Å²) in [7, 11) is -2.59. The van der Waals surface area contributed by atoms with Crippen molar-refractivity contribution < 1.29 is 22.7 Å². The zero-order valence-corrected chi connectivity index (χ0v) is 27.6. The summed E-state index contributed by atoms with van der Waals surface area (Å²) in [6.07, 6.45) is 3.98. The molecule has 0 amide bonds. The maximum Gasteiger partial charge on any atom is 0.330 e. The Labute approximate surface area is 256 Å². The molecule has 3 aromatic carbocycles. The van der Waals surface area contributed by atoms with Crippen molar-refractivity contribution in [3.05, 3.63) is 89.6 Å². The standard InChI is InChI=1S/C36H43NO5S/c1-10-18-42-34-29(21-26(35(3,4)5)22-31(34)36(6,7)8)30-23-37(43(39,40)27-14-12-11-13-15-27)32-17-16-25(20-28(30)32)24(2)19-33(38)41-9/h11-17,19-23H,10,18H2,1-9H3/b24-19-. The number of carbonyl (C=O) groups excluding carboxylic acids is 1. The molecule has 1 aromatic heterocycles. The lowest BCUT2D eigenvalue weighted by molar-refractivity contribution is -0.134. The second kappa shape index (κ2) is 12.0. The molecule has 43 heavy (non-hydrogen) atoms. The first kappa shape index (κ1) is 32.1. The Kier molecular flexibility index (Phi) is 8.98. The average molecular weight is 602 g/mol. The molecule has 1 heterocycles. The van der Waals surface area contributed by atoms with E-state index < -0.39 is 16.0 Å². The van der Waals surface area contributed by atoms with Gasteiger partial charge in [0.25, 0.3) is 10.0 Å². The van der Waals surface area contributed by atoms with E-state index in [1.807, 2.05) is 19.1 Å². The maximum absolute atomic E-state index is 14.1. The predicted octanol–water partition coefficient (Wildman–Crippen LogP) is 8.51. The molecule has 0 fully saturated rings. The Bertz CT molecular complexity index is 1780. The van der Waals surface area contributed by atoms with Gasteiger partial charge in [0, 0.05) is 34.3 Å². The van der Waals surface area contributed by atoms with E-state index in [0.717, 1.165) is 45.4 Å². The van der Waals surface area contributed by atoms with Crippen molar-refractivity contribution in [2.24, 2.45) is 0 Å². The van der Waals surface area contributed by atoms with Crippen LogP contribution in [0.3, 0.4) is 0 Å². The number of carbonyl (C=O) groups is 1. The predicted molar refractivity (Wildman–Crippen MR) is 175 cm³/mol. The lowest BCUT2D eigenvalue weighted by Gasteiger charge is -2.29. The summed E-state index contributed by atoms with van der Waals surface area (Å²) in [5.74, 6) is 0.302. The fourth-order valence-electron chi connectivity index (χ4n) is 5.06. The summed E-state index contributed by atoms with van der Waals surface area (Å²) in [5, 5.41) is 0.738. The molecule has 0 bridgehead atoms. The van der Waals surface area contributed by atoms with Gasteiger partial charge >= 0.3 is 5.97 Å². The van der Waals surface area contributed by atoms with Crippen molar-refractivity contribution in [2.75, 3.05) is 13.7 Å². The van der Waals surface area contributed by atoms with E-state index in [4.69, 9.17) is 9.47 Å². The Balaban J connectivity index is 2.16. The van der Waals surface area contributed by atoms with Gasteiger partial charge in [-0.2, -0.15) is 0 Å². The quantitative estimate of drug-likeness (QED) is 0.150. The van der Waals surface area contributed by atoms with E-state index in [2.05, 4.69) is 60.6 Å². The van der Waals surface area contributed by atoms with E-state index in [1.54, 1.807) is 42.6 Å². The van der Waals surface area contributed by atoms with Gasteiger partial charge in [0.05, 0.1) is 24.1 Å². The lowest BCUT2D eigenvalue weighted by Crippen LogP contribution is -2.18. The number of hydrogen-bond donors (Lipinski definition) is 0. The third-order valence-corrected chi connectivity index (χ3v) is 9.25. The van der Waals surface area contributed by atoms with Gasteiger partial charge in [-0.05, 0) is 71.2 Å². The molecule has 228 valence electrons. The number of ether oxygens (including phenoxy) is 2. The second-order valence-corrected chi connectivity index (χ2v) is 14.8. The van der Waals surface area contributed by atoms with Crippen molar-refractivity contribution in [3.63, 3.8) is 0 Å². The van der Waals surface area contributed by atoms with Gasteiger partial charge in [-0.3, -0.25) is 0 Å². The van der Waals surface area contributed by atoms with Crippen molar-refractivity contribution >= 4 is 32.5 Å². The molecule has 4 aromatic rings. The first-order valence-electron chi connectivity index (χ1n) is 14.6. The van der Waals surface area contributed by atoms with Crippen LogP contribution in [-0.4, -0.2) is 32.1 Å². The van der Waals surface area contributed by atoms with E-state index in [1.165, 1.54) is 17.2 Å². The van der Waals surface area contributed by atoms with Gasteiger partial charge in [-0.15, -0.1) is 0 Å². The summed E-state index contributed by atoms with van der Waals surface area (Å²) in [4.78, 5) is 12.2. The largest absolute Gasteiger partial charge is 0.493 e. The molecule has 0 radical (unpaired) electrons. The fourth-order valence-corrected chi connectivity index (χ4v) is 6.45. The summed E-state index contributed by atoms with van der Waals surface area (Å²) >= 11 is 0. The minimum Gasteiger partial charge on any atom is -0.493 e. The molecule has 0 unspecified atom stereocenters. The number of methoxy groups -OCH3 is 1. The molecule has 0 aliphatic carbocycles. The number of benzene rings is 3. The Morgan fingerprint density at radius 1 is 0.907 bits per heavy atom. The van der Waals surface area contributed by atoms with Crippen LogP contribution in [0.15, 0.2) is 77.8 Å². The van der Waals surface area contributed by atoms with Crippen LogP contribution in [0.25, 0.3) is 27.6 Å². The Hall–Kier alpha value is -3.84. The molecule has 0 saturated carbocycles. The number of allylic oxidation sites excluding steroid dienone is 1. The number of fused-ring (bicyclic) bond motifs is 1. The van der Waals surface area contributed by atoms with Crippen molar-refractivity contribution in [3.8, 4) is 16.9 Å². The first-order chi connectivity index (χ1) is 20.1. The summed E-state index contributed by atoms with van der Waals surface area (Å²) in [5.41, 5.74) is 5.39. The monoisotopic (exact) mass is 601 g/mol. The highest BCUT2D eigenvalue weighted by atomic mass is 32.2. The van der Waals surface area contributed by atoms with Crippen LogP contribution in [0.2, 0.25) is 0 Å². The number of nitrogens with zero attached hydrogens (tertiary/aromatic N) is 1. The number of hydrogen-bond acceptors (Lipinski definition) is 5. The number of rotatable bonds is 8. The summed E-state index contributed by atoms with van der Waals surface area (Å²) in [6, 6.07) is 18.4. The van der Waals surface area contributed by atoms with E-state index in [-0.39, 0.29) is 15.7 Å². The zero-order chi connectivity index (χ0) is 31.7. The van der Waals surface area contributed by atoms with Crippen molar-refractivity contribution in [1.29, 1.82) is 0 Å². The fraction of sp³-hybridized carbons (Fsp3) is 0.361. The van der Waals surface area contributed by atoms with Crippen LogP contribution >= 0.6 is 0 Å². The van der Waals surface area contributed by atoms with E-state index >= 15 is 0 Å². The Morgan fingerprint density at radius 2 is 1.58 bits per heavy atom. The zero-order valence-electron chi connectivity index (χ0n) is 26.7. The van der Waals surface area contributed by atoms with Gasteiger partial charge in [0.15, 0.2) is 0 Å². The highest BCUT2D eigenvalue weighted by molar-refractivity contribution is 7.90. The first-order valence-corrected chi connectivity index (χ1v) is 16.1. The third kappa shape index (κ3) is 6.57. The van der Waals surface area contributed by atoms with Crippen molar-refractivity contribution in [2.45, 2.75) is 77.5 Å². The Morgan fingerprint density at radius 3 is 2.16 bits per heavy atom. The molecule has 0 aliphatic rings. The van der Waals surface area contributed by atoms with Crippen LogP contribution in [0.1, 0.15) is 78.5 Å². The van der Waals surface area contributed by atoms with Crippen LogP contribution < -0.4 is 4.74 Å². The normalized spacial score (nSPS) is 12.9. The molecule has 0 N–H and O–H groups in total. The highest BCUT2D eigenvalue weighted by Crippen LogP contribution is 2.46. The molecular weight excluding hydrogens is 558 g/mol. The van der Waals surface area contributed by atoms with Crippen LogP contribution in [0.4, 0.5) is 0 Å².